The van der Waals surface area contributed by atoms with Crippen LogP contribution in [0.4, 0.5) is 13.2 Å². The zero-order valence-electron chi connectivity index (χ0n) is 13.7. The fraction of sp³-hybridized carbons (Fsp3) is 0.222. The van der Waals surface area contributed by atoms with Gasteiger partial charge in [-0.2, -0.15) is 13.2 Å². The molecule has 136 valence electrons. The van der Waals surface area contributed by atoms with Gasteiger partial charge in [-0.1, -0.05) is 41.9 Å². The predicted octanol–water partition coefficient (Wildman–Crippen LogP) is 4.43. The molecule has 0 aliphatic rings. The van der Waals surface area contributed by atoms with E-state index in [9.17, 15) is 18.0 Å². The molecule has 3 aromatic rings. The van der Waals surface area contributed by atoms with E-state index in [1.807, 2.05) is 37.3 Å². The number of halogens is 4. The minimum atomic E-state index is -4.51. The van der Waals surface area contributed by atoms with Crippen LogP contribution in [0.2, 0.25) is 5.02 Å². The van der Waals surface area contributed by atoms with Crippen LogP contribution in [0.5, 0.6) is 0 Å². The van der Waals surface area contributed by atoms with Crippen molar-refractivity contribution in [3.8, 4) is 0 Å². The number of amides is 1. The second kappa shape index (κ2) is 6.99. The summed E-state index contributed by atoms with van der Waals surface area (Å²) in [4.78, 5) is 16.4. The number of nitrogens with zero attached hydrogens (tertiary/aromatic N) is 2. The topological polar surface area (TPSA) is 46.4 Å². The first-order chi connectivity index (χ1) is 12.2. The Labute approximate surface area is 152 Å². The van der Waals surface area contributed by atoms with Crippen LogP contribution in [-0.2, 0) is 17.4 Å². The van der Waals surface area contributed by atoms with E-state index in [1.54, 1.807) is 0 Å². The number of fused-ring (bicyclic) bond motifs is 1. The molecule has 1 amide bonds. The van der Waals surface area contributed by atoms with Gasteiger partial charge in [0.25, 0.3) is 0 Å². The van der Waals surface area contributed by atoms with Crippen molar-refractivity contribution in [1.29, 1.82) is 0 Å². The van der Waals surface area contributed by atoms with Gasteiger partial charge in [0, 0.05) is 12.4 Å². The second-order valence-electron chi connectivity index (χ2n) is 5.91. The third-order valence-electron chi connectivity index (χ3n) is 3.90. The molecule has 26 heavy (non-hydrogen) atoms. The molecule has 0 aliphatic carbocycles. The number of benzene rings is 1. The van der Waals surface area contributed by atoms with Gasteiger partial charge < -0.3 is 9.72 Å². The lowest BCUT2D eigenvalue weighted by Gasteiger charge is -2.13. The molecule has 2 aromatic heterocycles. The van der Waals surface area contributed by atoms with Crippen molar-refractivity contribution >= 4 is 23.2 Å². The summed E-state index contributed by atoms with van der Waals surface area (Å²) in [6.07, 6.45) is -2.29. The molecule has 0 bridgehead atoms. The zero-order valence-corrected chi connectivity index (χ0v) is 14.5. The Bertz CT molecular complexity index is 938. The molecule has 0 radical (unpaired) electrons. The molecule has 0 saturated carbocycles. The minimum Gasteiger partial charge on any atom is -0.349 e. The lowest BCUT2D eigenvalue weighted by atomic mass is 10.1. The monoisotopic (exact) mass is 381 g/mol. The van der Waals surface area contributed by atoms with Crippen molar-refractivity contribution in [2.24, 2.45) is 0 Å². The van der Waals surface area contributed by atoms with Gasteiger partial charge in [0.1, 0.15) is 0 Å². The molecule has 0 fully saturated rings. The number of alkyl halides is 3. The molecule has 8 heteroatoms. The Morgan fingerprint density at radius 3 is 2.62 bits per heavy atom. The average Bonchev–Trinajstić information content (AvgIpc) is 2.97. The molecular weight excluding hydrogens is 367 g/mol. The van der Waals surface area contributed by atoms with Gasteiger partial charge >= 0.3 is 6.18 Å². The number of carbonyl (C=O) groups is 1. The van der Waals surface area contributed by atoms with Gasteiger partial charge in [0.2, 0.25) is 5.91 Å². The van der Waals surface area contributed by atoms with Gasteiger partial charge in [0.05, 0.1) is 28.7 Å². The van der Waals surface area contributed by atoms with Gasteiger partial charge in [0.15, 0.2) is 5.65 Å². The highest BCUT2D eigenvalue weighted by Gasteiger charge is 2.32. The summed E-state index contributed by atoms with van der Waals surface area (Å²) in [5.74, 6) is -0.281. The van der Waals surface area contributed by atoms with Crippen LogP contribution >= 0.6 is 11.6 Å². The van der Waals surface area contributed by atoms with Crippen molar-refractivity contribution in [2.75, 3.05) is 0 Å². The van der Waals surface area contributed by atoms with Crippen LogP contribution in [0.3, 0.4) is 0 Å². The SMILES string of the molecule is CC(NC(=O)Cc1cn2cc(C(F)(F)F)cc(Cl)c2n1)c1ccccc1. The number of aromatic nitrogens is 2. The smallest absolute Gasteiger partial charge is 0.349 e. The van der Waals surface area contributed by atoms with Gasteiger partial charge in [-0.15, -0.1) is 0 Å². The molecule has 3 rings (SSSR count). The number of hydrogen-bond donors (Lipinski definition) is 1. The van der Waals surface area contributed by atoms with Gasteiger partial charge in [-0.3, -0.25) is 4.79 Å². The Kier molecular flexibility index (Phi) is 4.91. The average molecular weight is 382 g/mol. The van der Waals surface area contributed by atoms with E-state index < -0.39 is 11.7 Å². The summed E-state index contributed by atoms with van der Waals surface area (Å²) >= 11 is 5.90. The first-order valence-electron chi connectivity index (χ1n) is 7.82. The molecule has 1 unspecified atom stereocenters. The van der Waals surface area contributed by atoms with E-state index in [0.29, 0.717) is 5.69 Å². The lowest BCUT2D eigenvalue weighted by Crippen LogP contribution is -2.28. The van der Waals surface area contributed by atoms with Crippen molar-refractivity contribution in [3.05, 3.63) is 70.6 Å². The Morgan fingerprint density at radius 2 is 1.96 bits per heavy atom. The van der Waals surface area contributed by atoms with Gasteiger partial charge in [-0.05, 0) is 18.6 Å². The lowest BCUT2D eigenvalue weighted by molar-refractivity contribution is -0.137. The van der Waals surface area contributed by atoms with Crippen LogP contribution in [0.15, 0.2) is 48.8 Å². The molecule has 1 N–H and O–H groups in total. The Balaban J connectivity index is 1.76. The van der Waals surface area contributed by atoms with Crippen LogP contribution in [-0.4, -0.2) is 15.3 Å². The number of rotatable bonds is 4. The maximum Gasteiger partial charge on any atom is 0.417 e. The van der Waals surface area contributed by atoms with E-state index in [-0.39, 0.29) is 29.0 Å². The molecule has 0 aliphatic heterocycles. The van der Waals surface area contributed by atoms with Gasteiger partial charge in [-0.25, -0.2) is 4.98 Å². The minimum absolute atomic E-state index is 0.0590. The number of imidazole rings is 1. The molecule has 2 heterocycles. The molecule has 0 spiro atoms. The summed E-state index contributed by atoms with van der Waals surface area (Å²) in [5, 5.41) is 2.72. The maximum absolute atomic E-state index is 12.9. The molecule has 0 saturated heterocycles. The van der Waals surface area contributed by atoms with Crippen molar-refractivity contribution in [2.45, 2.75) is 25.6 Å². The third-order valence-corrected chi connectivity index (χ3v) is 4.18. The Hall–Kier alpha value is -2.54. The highest BCUT2D eigenvalue weighted by atomic mass is 35.5. The van der Waals surface area contributed by atoms with E-state index in [1.165, 1.54) is 10.6 Å². The molecule has 1 atom stereocenters. The fourth-order valence-electron chi connectivity index (χ4n) is 2.63. The highest BCUT2D eigenvalue weighted by molar-refractivity contribution is 6.33. The molecule has 1 aromatic carbocycles. The first kappa shape index (κ1) is 18.3. The van der Waals surface area contributed by atoms with Crippen molar-refractivity contribution < 1.29 is 18.0 Å². The van der Waals surface area contributed by atoms with E-state index >= 15 is 0 Å². The number of nitrogens with one attached hydrogen (secondary N) is 1. The quantitative estimate of drug-likeness (QED) is 0.727. The summed E-state index contributed by atoms with van der Waals surface area (Å²) in [6.45, 7) is 1.85. The maximum atomic E-state index is 12.9. The van der Waals surface area contributed by atoms with Crippen LogP contribution in [0.25, 0.3) is 5.65 Å². The first-order valence-corrected chi connectivity index (χ1v) is 8.20. The fourth-order valence-corrected chi connectivity index (χ4v) is 2.89. The summed E-state index contributed by atoms with van der Waals surface area (Å²) < 4.78 is 39.8. The van der Waals surface area contributed by atoms with Crippen molar-refractivity contribution in [3.63, 3.8) is 0 Å². The predicted molar refractivity (Wildman–Crippen MR) is 91.9 cm³/mol. The van der Waals surface area contributed by atoms with E-state index in [2.05, 4.69) is 10.3 Å². The zero-order chi connectivity index (χ0) is 18.9. The van der Waals surface area contributed by atoms with Crippen LogP contribution in [0, 0.1) is 0 Å². The van der Waals surface area contributed by atoms with E-state index in [0.717, 1.165) is 17.8 Å². The Morgan fingerprint density at radius 1 is 1.27 bits per heavy atom. The standard InChI is InChI=1S/C18H15ClF3N3O/c1-11(12-5-3-2-4-6-12)23-16(26)8-14-10-25-9-13(18(20,21)22)7-15(19)17(25)24-14/h2-7,9-11H,8H2,1H3,(H,23,26). The number of carbonyl (C=O) groups excluding carboxylic acids is 1. The summed E-state index contributed by atoms with van der Waals surface area (Å²) in [7, 11) is 0. The third kappa shape index (κ3) is 3.99. The van der Waals surface area contributed by atoms with E-state index in [4.69, 9.17) is 11.6 Å². The van der Waals surface area contributed by atoms with Crippen molar-refractivity contribution in [1.82, 2.24) is 14.7 Å². The van der Waals surface area contributed by atoms with Crippen LogP contribution in [0.1, 0.15) is 29.8 Å². The second-order valence-corrected chi connectivity index (χ2v) is 6.32. The summed E-state index contributed by atoms with van der Waals surface area (Å²) in [5.41, 5.74) is 0.595. The van der Waals surface area contributed by atoms with Crippen LogP contribution < -0.4 is 5.32 Å². The molecule has 4 nitrogen and oxygen atoms in total. The number of hydrogen-bond acceptors (Lipinski definition) is 2. The number of pyridine rings is 1. The summed E-state index contributed by atoms with van der Waals surface area (Å²) in [6, 6.07) is 10.1. The molecular formula is C18H15ClF3N3O. The highest BCUT2D eigenvalue weighted by Crippen LogP contribution is 2.32. The normalized spacial score (nSPS) is 13.0. The largest absolute Gasteiger partial charge is 0.417 e.